The molecule has 6 heterocycles. The molecule has 1 amide bonds. The predicted molar refractivity (Wildman–Crippen MR) is 167 cm³/mol. The lowest BCUT2D eigenvalue weighted by atomic mass is 9.93. The van der Waals surface area contributed by atoms with Gasteiger partial charge in [-0.25, -0.2) is 13.8 Å². The standard InChI is InChI=1S/C32H30F5N7O2S/c1-2-22(45)43-12-7-20-21(43)14-44(20)28-17-13-18(32(35,36)37)23(16-5-6-19(33)27-26(16)39-29(38)47-27)24(34)25(17)40-30(41-28)46-15-31-8-3-10-42(31)11-4-9-31/h2,5-6,13,20-21H,1,3-4,7-12,14-15H2,(H2,38,39). The molecule has 2 unspecified atom stereocenters. The maximum atomic E-state index is 16.9. The van der Waals surface area contributed by atoms with E-state index in [1.807, 2.05) is 0 Å². The number of hydrogen-bond donors (Lipinski definition) is 1. The Morgan fingerprint density at radius 2 is 1.87 bits per heavy atom. The Bertz CT molecular complexity index is 1960. The van der Waals surface area contributed by atoms with Crippen LogP contribution in [-0.4, -0.2) is 81.1 Å². The van der Waals surface area contributed by atoms with Crippen molar-refractivity contribution in [1.82, 2.24) is 24.8 Å². The Morgan fingerprint density at radius 3 is 2.60 bits per heavy atom. The molecule has 0 bridgehead atoms. The van der Waals surface area contributed by atoms with E-state index < -0.39 is 28.9 Å². The number of amides is 1. The highest BCUT2D eigenvalue weighted by molar-refractivity contribution is 7.22. The van der Waals surface area contributed by atoms with Crippen LogP contribution in [0.4, 0.5) is 32.9 Å². The number of carbonyl (C=O) groups excluding carboxylic acids is 1. The fraction of sp³-hybridized carbons (Fsp3) is 0.438. The molecule has 47 heavy (non-hydrogen) atoms. The molecule has 2 aromatic heterocycles. The first-order chi connectivity index (χ1) is 22.5. The lowest BCUT2D eigenvalue weighted by Gasteiger charge is -2.47. The molecule has 0 radical (unpaired) electrons. The molecule has 4 aromatic rings. The number of likely N-dealkylation sites (tertiary alicyclic amines) is 1. The van der Waals surface area contributed by atoms with Crippen LogP contribution in [0.15, 0.2) is 30.9 Å². The Kier molecular flexibility index (Phi) is 6.89. The molecule has 0 aliphatic carbocycles. The van der Waals surface area contributed by atoms with Crippen LogP contribution in [0.5, 0.6) is 6.01 Å². The molecule has 4 aliphatic rings. The number of fused-ring (bicyclic) bond motifs is 4. The van der Waals surface area contributed by atoms with Crippen LogP contribution in [0.3, 0.4) is 0 Å². The lowest BCUT2D eigenvalue weighted by Crippen LogP contribution is -2.63. The smallest absolute Gasteiger partial charge is 0.417 e. The molecular weight excluding hydrogens is 641 g/mol. The van der Waals surface area contributed by atoms with Crippen molar-refractivity contribution in [2.45, 2.75) is 55.9 Å². The quantitative estimate of drug-likeness (QED) is 0.204. The van der Waals surface area contributed by atoms with E-state index in [0.717, 1.165) is 68.3 Å². The minimum absolute atomic E-state index is 0.0680. The highest BCUT2D eigenvalue weighted by Gasteiger charge is 2.50. The first-order valence-electron chi connectivity index (χ1n) is 15.5. The Hall–Kier alpha value is -4.11. The third kappa shape index (κ3) is 4.64. The van der Waals surface area contributed by atoms with Crippen molar-refractivity contribution in [3.63, 3.8) is 0 Å². The number of ether oxygens (including phenoxy) is 1. The largest absolute Gasteiger partial charge is 0.461 e. The van der Waals surface area contributed by atoms with E-state index in [0.29, 0.717) is 13.0 Å². The van der Waals surface area contributed by atoms with E-state index in [-0.39, 0.29) is 80.3 Å². The normalized spacial score (nSPS) is 22.1. The molecule has 8 rings (SSSR count). The number of anilines is 2. The van der Waals surface area contributed by atoms with Crippen molar-refractivity contribution in [1.29, 1.82) is 0 Å². The average molecular weight is 672 g/mol. The molecule has 4 saturated heterocycles. The molecule has 246 valence electrons. The second-order valence-electron chi connectivity index (χ2n) is 12.7. The number of alkyl halides is 3. The summed E-state index contributed by atoms with van der Waals surface area (Å²) in [5.41, 5.74) is 2.74. The number of nitrogen functional groups attached to an aromatic ring is 1. The number of nitrogens with two attached hydrogens (primary N) is 1. The van der Waals surface area contributed by atoms with Crippen molar-refractivity contribution in [3.05, 3.63) is 48.1 Å². The van der Waals surface area contributed by atoms with Crippen molar-refractivity contribution in [2.24, 2.45) is 0 Å². The van der Waals surface area contributed by atoms with Crippen LogP contribution < -0.4 is 15.4 Å². The topological polar surface area (TPSA) is 101 Å². The Balaban J connectivity index is 1.30. The molecule has 4 aliphatic heterocycles. The summed E-state index contributed by atoms with van der Waals surface area (Å²) in [4.78, 5) is 31.4. The highest BCUT2D eigenvalue weighted by Crippen LogP contribution is 2.48. The maximum Gasteiger partial charge on any atom is 0.417 e. The molecule has 4 fully saturated rings. The predicted octanol–water partition coefficient (Wildman–Crippen LogP) is 5.77. The summed E-state index contributed by atoms with van der Waals surface area (Å²) >= 11 is 0.765. The number of hydrogen-bond acceptors (Lipinski definition) is 9. The summed E-state index contributed by atoms with van der Waals surface area (Å²) < 4.78 is 82.1. The number of nitrogens with zero attached hydrogens (tertiary/aromatic N) is 6. The van der Waals surface area contributed by atoms with Crippen LogP contribution in [0.25, 0.3) is 32.2 Å². The van der Waals surface area contributed by atoms with Gasteiger partial charge in [0.25, 0.3) is 0 Å². The highest BCUT2D eigenvalue weighted by atomic mass is 32.1. The van der Waals surface area contributed by atoms with Crippen molar-refractivity contribution in [2.75, 3.05) is 43.4 Å². The van der Waals surface area contributed by atoms with Crippen LogP contribution in [0.2, 0.25) is 0 Å². The van der Waals surface area contributed by atoms with Gasteiger partial charge in [-0.15, -0.1) is 0 Å². The van der Waals surface area contributed by atoms with Gasteiger partial charge in [0, 0.05) is 29.6 Å². The number of thiazole rings is 1. The zero-order valence-electron chi connectivity index (χ0n) is 25.1. The molecule has 2 N–H and O–H groups in total. The molecule has 0 saturated carbocycles. The second kappa shape index (κ2) is 10.7. The number of aromatic nitrogens is 3. The van der Waals surface area contributed by atoms with Gasteiger partial charge in [0.05, 0.1) is 33.4 Å². The Labute approximate surface area is 269 Å². The van der Waals surface area contributed by atoms with Crippen molar-refractivity contribution in [3.8, 4) is 17.1 Å². The summed E-state index contributed by atoms with van der Waals surface area (Å²) in [6, 6.07) is 2.33. The zero-order valence-corrected chi connectivity index (χ0v) is 25.9. The minimum atomic E-state index is -5.01. The van der Waals surface area contributed by atoms with Crippen LogP contribution in [0.1, 0.15) is 37.7 Å². The monoisotopic (exact) mass is 671 g/mol. The number of halogens is 5. The number of benzene rings is 2. The molecular formula is C32H30F5N7O2S. The fourth-order valence-corrected chi connectivity index (χ4v) is 8.83. The third-order valence-electron chi connectivity index (χ3n) is 10.3. The third-order valence-corrected chi connectivity index (χ3v) is 11.2. The van der Waals surface area contributed by atoms with Crippen LogP contribution in [0, 0.1) is 11.6 Å². The van der Waals surface area contributed by atoms with Crippen LogP contribution in [-0.2, 0) is 11.0 Å². The van der Waals surface area contributed by atoms with E-state index >= 15 is 4.39 Å². The van der Waals surface area contributed by atoms with Gasteiger partial charge in [0.2, 0.25) is 5.91 Å². The minimum Gasteiger partial charge on any atom is -0.461 e. The van der Waals surface area contributed by atoms with Gasteiger partial charge >= 0.3 is 12.2 Å². The van der Waals surface area contributed by atoms with E-state index in [1.165, 1.54) is 6.08 Å². The fourth-order valence-electron chi connectivity index (χ4n) is 8.07. The zero-order chi connectivity index (χ0) is 32.8. The summed E-state index contributed by atoms with van der Waals surface area (Å²) in [6.45, 7) is 6.47. The molecule has 2 aromatic carbocycles. The van der Waals surface area contributed by atoms with Crippen molar-refractivity contribution < 1.29 is 31.5 Å². The molecule has 0 spiro atoms. The van der Waals surface area contributed by atoms with Gasteiger partial charge in [-0.2, -0.15) is 23.1 Å². The summed E-state index contributed by atoms with van der Waals surface area (Å²) in [7, 11) is 0. The molecule has 9 nitrogen and oxygen atoms in total. The van der Waals surface area contributed by atoms with E-state index in [4.69, 9.17) is 10.5 Å². The van der Waals surface area contributed by atoms with E-state index in [1.54, 1.807) is 9.80 Å². The average Bonchev–Trinajstić information content (AvgIpc) is 3.78. The number of rotatable bonds is 6. The maximum absolute atomic E-state index is 16.9. The number of carbonyl (C=O) groups is 1. The van der Waals surface area contributed by atoms with Crippen molar-refractivity contribution >= 4 is 49.3 Å². The van der Waals surface area contributed by atoms with Gasteiger partial charge < -0.3 is 20.3 Å². The van der Waals surface area contributed by atoms with Crippen LogP contribution >= 0.6 is 11.3 Å². The molecule has 15 heteroatoms. The first kappa shape index (κ1) is 30.2. The summed E-state index contributed by atoms with van der Waals surface area (Å²) in [5, 5.41) is -0.211. The van der Waals surface area contributed by atoms with Gasteiger partial charge in [0.1, 0.15) is 23.8 Å². The summed E-state index contributed by atoms with van der Waals surface area (Å²) in [5.74, 6) is -2.11. The van der Waals surface area contributed by atoms with Gasteiger partial charge in [-0.1, -0.05) is 17.9 Å². The van der Waals surface area contributed by atoms with Gasteiger partial charge in [-0.3, -0.25) is 9.69 Å². The SMILES string of the molecule is C=CC(=O)N1CCC2C1CN2c1nc(OCC23CCCN2CCC3)nc2c(F)c(-c3ccc(F)c4sc(N)nc34)c(C(F)(F)F)cc12. The van der Waals surface area contributed by atoms with Gasteiger partial charge in [-0.05, 0) is 69.5 Å². The van der Waals surface area contributed by atoms with E-state index in [2.05, 4.69) is 26.4 Å². The van der Waals surface area contributed by atoms with Gasteiger partial charge in [0.15, 0.2) is 10.9 Å². The Morgan fingerprint density at radius 1 is 1.11 bits per heavy atom. The lowest BCUT2D eigenvalue weighted by molar-refractivity contribution is -0.137. The second-order valence-corrected chi connectivity index (χ2v) is 13.7. The first-order valence-corrected chi connectivity index (χ1v) is 16.3. The summed E-state index contributed by atoms with van der Waals surface area (Å²) in [6.07, 6.45) is 0.689. The molecule has 2 atom stereocenters. The van der Waals surface area contributed by atoms with E-state index in [9.17, 15) is 22.4 Å².